The zero-order chi connectivity index (χ0) is 20.9. The number of hydrazine groups is 1. The van der Waals surface area contributed by atoms with E-state index in [0.29, 0.717) is 5.82 Å². The lowest BCUT2D eigenvalue weighted by Gasteiger charge is -2.22. The van der Waals surface area contributed by atoms with E-state index in [4.69, 9.17) is 0 Å². The molecule has 1 aliphatic rings. The van der Waals surface area contributed by atoms with Gasteiger partial charge in [-0.3, -0.25) is 4.79 Å². The Morgan fingerprint density at radius 1 is 1.10 bits per heavy atom. The standard InChI is InChI=1S/C23H26N6O/c1-3-4-13-29-16(2)21(15-30)22(26-29)14-17-9-11-18(12-10-17)19-7-5-6-8-20(19)23-24-27-28-25-23/h5-12,15,22,26H,3-4,13-14H2,1-2H3,(H,24,25,27,28). The average Bonchev–Trinajstić information content (AvgIpc) is 3.41. The molecule has 154 valence electrons. The summed E-state index contributed by atoms with van der Waals surface area (Å²) in [5.41, 5.74) is 9.64. The van der Waals surface area contributed by atoms with Crippen molar-refractivity contribution in [2.45, 2.75) is 39.2 Å². The lowest BCUT2D eigenvalue weighted by molar-refractivity contribution is -0.105. The molecule has 0 saturated carbocycles. The Bertz CT molecular complexity index is 1030. The topological polar surface area (TPSA) is 86.8 Å². The summed E-state index contributed by atoms with van der Waals surface area (Å²) in [7, 11) is 0. The first-order valence-corrected chi connectivity index (χ1v) is 10.3. The molecule has 4 rings (SSSR count). The number of nitrogens with zero attached hydrogens (tertiary/aromatic N) is 4. The average molecular weight is 403 g/mol. The predicted octanol–water partition coefficient (Wildman–Crippen LogP) is 3.54. The maximum Gasteiger partial charge on any atom is 0.205 e. The molecule has 1 atom stereocenters. The van der Waals surface area contributed by atoms with Gasteiger partial charge in [-0.15, -0.1) is 10.2 Å². The predicted molar refractivity (Wildman–Crippen MR) is 116 cm³/mol. The van der Waals surface area contributed by atoms with E-state index in [0.717, 1.165) is 60.1 Å². The number of aldehydes is 1. The molecule has 2 N–H and O–H groups in total. The minimum absolute atomic E-state index is 0.0109. The first kappa shape index (κ1) is 20.0. The van der Waals surface area contributed by atoms with Gasteiger partial charge in [-0.25, -0.2) is 5.43 Å². The lowest BCUT2D eigenvalue weighted by atomic mass is 9.95. The van der Waals surface area contributed by atoms with E-state index in [1.54, 1.807) is 0 Å². The maximum atomic E-state index is 11.7. The van der Waals surface area contributed by atoms with Gasteiger partial charge in [-0.05, 0) is 41.7 Å². The number of H-pyrrole nitrogens is 1. The van der Waals surface area contributed by atoms with Crippen molar-refractivity contribution in [1.29, 1.82) is 0 Å². The number of unbranched alkanes of at least 4 members (excludes halogenated alkanes) is 1. The van der Waals surface area contributed by atoms with E-state index in [2.05, 4.69) is 68.3 Å². The number of benzene rings is 2. The Morgan fingerprint density at radius 3 is 2.53 bits per heavy atom. The Balaban J connectivity index is 1.52. The molecule has 2 heterocycles. The van der Waals surface area contributed by atoms with Gasteiger partial charge in [0.05, 0.1) is 6.04 Å². The van der Waals surface area contributed by atoms with E-state index in [9.17, 15) is 4.79 Å². The smallest absolute Gasteiger partial charge is 0.205 e. The summed E-state index contributed by atoms with van der Waals surface area (Å²) in [5.74, 6) is 0.577. The van der Waals surface area contributed by atoms with Crippen LogP contribution >= 0.6 is 0 Å². The quantitative estimate of drug-likeness (QED) is 0.561. The second-order valence-corrected chi connectivity index (χ2v) is 7.53. The van der Waals surface area contributed by atoms with Gasteiger partial charge in [-0.1, -0.05) is 61.9 Å². The monoisotopic (exact) mass is 402 g/mol. The number of aromatic amines is 1. The molecule has 2 aromatic carbocycles. The molecule has 0 radical (unpaired) electrons. The number of carbonyl (C=O) groups is 1. The van der Waals surface area contributed by atoms with Gasteiger partial charge in [-0.2, -0.15) is 5.21 Å². The first-order valence-electron chi connectivity index (χ1n) is 10.3. The third-order valence-electron chi connectivity index (χ3n) is 5.59. The zero-order valence-electron chi connectivity index (χ0n) is 17.3. The molecule has 0 bridgehead atoms. The molecular formula is C23H26N6O. The van der Waals surface area contributed by atoms with Crippen LogP contribution in [-0.4, -0.2) is 44.5 Å². The fourth-order valence-corrected chi connectivity index (χ4v) is 3.90. The largest absolute Gasteiger partial charge is 0.312 e. The van der Waals surface area contributed by atoms with Gasteiger partial charge in [0.2, 0.25) is 5.82 Å². The number of carbonyl (C=O) groups excluding carboxylic acids is 1. The van der Waals surface area contributed by atoms with Crippen molar-refractivity contribution >= 4 is 6.29 Å². The van der Waals surface area contributed by atoms with Crippen LogP contribution in [0.1, 0.15) is 32.3 Å². The van der Waals surface area contributed by atoms with E-state index in [1.807, 2.05) is 25.1 Å². The Hall–Kier alpha value is -3.32. The molecule has 7 nitrogen and oxygen atoms in total. The number of hydrogen-bond acceptors (Lipinski definition) is 6. The number of allylic oxidation sites excluding steroid dienone is 1. The summed E-state index contributed by atoms with van der Waals surface area (Å²) in [6.45, 7) is 5.11. The summed E-state index contributed by atoms with van der Waals surface area (Å²) in [5, 5.41) is 16.5. The van der Waals surface area contributed by atoms with Crippen molar-refractivity contribution in [3.63, 3.8) is 0 Å². The molecule has 3 aromatic rings. The van der Waals surface area contributed by atoms with Gasteiger partial charge in [0.25, 0.3) is 0 Å². The zero-order valence-corrected chi connectivity index (χ0v) is 17.3. The van der Waals surface area contributed by atoms with Gasteiger partial charge < -0.3 is 5.01 Å². The number of nitrogens with one attached hydrogen (secondary N) is 2. The third-order valence-corrected chi connectivity index (χ3v) is 5.59. The van der Waals surface area contributed by atoms with Crippen LogP contribution < -0.4 is 5.43 Å². The highest BCUT2D eigenvalue weighted by atomic mass is 16.1. The molecule has 0 spiro atoms. The van der Waals surface area contributed by atoms with E-state index in [-0.39, 0.29) is 6.04 Å². The minimum atomic E-state index is 0.0109. The van der Waals surface area contributed by atoms with Crippen molar-refractivity contribution in [1.82, 2.24) is 31.1 Å². The molecular weight excluding hydrogens is 376 g/mol. The first-order chi connectivity index (χ1) is 14.7. The van der Waals surface area contributed by atoms with Crippen LogP contribution in [0.2, 0.25) is 0 Å². The van der Waals surface area contributed by atoms with Crippen LogP contribution in [0.25, 0.3) is 22.5 Å². The van der Waals surface area contributed by atoms with Crippen LogP contribution in [0.5, 0.6) is 0 Å². The van der Waals surface area contributed by atoms with Crippen LogP contribution in [-0.2, 0) is 11.2 Å². The van der Waals surface area contributed by atoms with E-state index in [1.165, 1.54) is 5.56 Å². The summed E-state index contributed by atoms with van der Waals surface area (Å²) in [6.07, 6.45) is 3.98. The van der Waals surface area contributed by atoms with Crippen molar-refractivity contribution in [2.24, 2.45) is 0 Å². The van der Waals surface area contributed by atoms with E-state index < -0.39 is 0 Å². The highest BCUT2D eigenvalue weighted by Gasteiger charge is 2.28. The van der Waals surface area contributed by atoms with Crippen molar-refractivity contribution in [3.8, 4) is 22.5 Å². The van der Waals surface area contributed by atoms with Crippen molar-refractivity contribution in [2.75, 3.05) is 6.54 Å². The molecule has 0 saturated heterocycles. The Kier molecular flexibility index (Phi) is 5.99. The molecule has 0 aliphatic carbocycles. The highest BCUT2D eigenvalue weighted by Crippen LogP contribution is 2.30. The SMILES string of the molecule is CCCCN1NC(Cc2ccc(-c3ccccc3-c3nn[nH]n3)cc2)C(C=O)=C1C. The summed E-state index contributed by atoms with van der Waals surface area (Å²) >= 11 is 0. The van der Waals surface area contributed by atoms with Gasteiger partial charge in [0, 0.05) is 23.4 Å². The van der Waals surface area contributed by atoms with Crippen LogP contribution in [0.4, 0.5) is 0 Å². The Morgan fingerprint density at radius 2 is 1.87 bits per heavy atom. The lowest BCUT2D eigenvalue weighted by Crippen LogP contribution is -2.39. The third kappa shape index (κ3) is 4.02. The molecule has 30 heavy (non-hydrogen) atoms. The summed E-state index contributed by atoms with van der Waals surface area (Å²) < 4.78 is 0. The maximum absolute atomic E-state index is 11.7. The second kappa shape index (κ2) is 9.00. The fraction of sp³-hybridized carbons (Fsp3) is 0.304. The summed E-state index contributed by atoms with van der Waals surface area (Å²) in [4.78, 5) is 11.7. The molecule has 0 amide bonds. The number of hydrogen-bond donors (Lipinski definition) is 2. The number of rotatable bonds is 8. The fourth-order valence-electron chi connectivity index (χ4n) is 3.90. The second-order valence-electron chi connectivity index (χ2n) is 7.53. The van der Waals surface area contributed by atoms with Gasteiger partial charge >= 0.3 is 0 Å². The molecule has 1 unspecified atom stereocenters. The molecule has 1 aliphatic heterocycles. The van der Waals surface area contributed by atoms with Gasteiger partial charge in [0.15, 0.2) is 0 Å². The van der Waals surface area contributed by atoms with Crippen LogP contribution in [0.3, 0.4) is 0 Å². The van der Waals surface area contributed by atoms with Crippen molar-refractivity contribution < 1.29 is 4.79 Å². The van der Waals surface area contributed by atoms with Crippen molar-refractivity contribution in [3.05, 3.63) is 65.4 Å². The minimum Gasteiger partial charge on any atom is -0.312 e. The molecule has 7 heteroatoms. The Labute approximate surface area is 176 Å². The van der Waals surface area contributed by atoms with Gasteiger partial charge in [0.1, 0.15) is 6.29 Å². The summed E-state index contributed by atoms with van der Waals surface area (Å²) in [6, 6.07) is 16.5. The number of tetrazole rings is 1. The van der Waals surface area contributed by atoms with Crippen LogP contribution in [0, 0.1) is 0 Å². The molecule has 0 fully saturated rings. The van der Waals surface area contributed by atoms with Crippen LogP contribution in [0.15, 0.2) is 59.8 Å². The highest BCUT2D eigenvalue weighted by molar-refractivity contribution is 5.80. The normalized spacial score (nSPS) is 16.3. The molecule has 1 aromatic heterocycles. The number of aromatic nitrogens is 4. The van der Waals surface area contributed by atoms with E-state index >= 15 is 0 Å².